The first-order valence-electron chi connectivity index (χ1n) is 6.70. The van der Waals surface area contributed by atoms with Gasteiger partial charge < -0.3 is 0 Å². The number of ketones is 1. The molecule has 1 heterocycles. The molecule has 0 saturated carbocycles. The zero-order valence-electron chi connectivity index (χ0n) is 11.8. The molecule has 1 aliphatic rings. The molecule has 2 aromatic rings. The van der Waals surface area contributed by atoms with Crippen molar-refractivity contribution in [3.05, 3.63) is 45.1 Å². The molecular weight excluding hydrogens is 352 g/mol. The maximum absolute atomic E-state index is 12.2. The summed E-state index contributed by atoms with van der Waals surface area (Å²) < 4.78 is 0.916. The van der Waals surface area contributed by atoms with Crippen LogP contribution in [0.4, 0.5) is 0 Å². The molecule has 0 fully saturated rings. The Kier molecular flexibility index (Phi) is 3.62. The summed E-state index contributed by atoms with van der Waals surface area (Å²) in [6.45, 7) is 4.17. The van der Waals surface area contributed by atoms with E-state index < -0.39 is 0 Å². The van der Waals surface area contributed by atoms with Gasteiger partial charge in [0.15, 0.2) is 11.6 Å². The summed E-state index contributed by atoms with van der Waals surface area (Å²) in [5, 5.41) is 0.597. The molecule has 1 aliphatic carbocycles. The van der Waals surface area contributed by atoms with E-state index >= 15 is 0 Å². The van der Waals surface area contributed by atoms with Gasteiger partial charge in [-0.2, -0.15) is 0 Å². The highest BCUT2D eigenvalue weighted by molar-refractivity contribution is 9.10. The van der Waals surface area contributed by atoms with Crippen LogP contribution in [0.2, 0.25) is 5.02 Å². The Hall–Kier alpha value is -1.26. The fourth-order valence-electron chi connectivity index (χ4n) is 2.63. The van der Waals surface area contributed by atoms with Gasteiger partial charge in [0.25, 0.3) is 0 Å². The number of nitrogens with zero attached hydrogens (tertiary/aromatic N) is 2. The van der Waals surface area contributed by atoms with Crippen LogP contribution in [0.15, 0.2) is 28.9 Å². The third kappa shape index (κ3) is 2.87. The Balaban J connectivity index is 2.11. The van der Waals surface area contributed by atoms with Gasteiger partial charge in [0.05, 0.1) is 16.3 Å². The predicted octanol–water partition coefficient (Wildman–Crippen LogP) is 4.71. The molecule has 108 valence electrons. The van der Waals surface area contributed by atoms with Crippen LogP contribution in [0.3, 0.4) is 0 Å². The van der Waals surface area contributed by atoms with Crippen molar-refractivity contribution in [2.75, 3.05) is 0 Å². The molecule has 0 saturated heterocycles. The first kappa shape index (κ1) is 14.7. The Labute approximate surface area is 136 Å². The number of carbonyl (C=O) groups excluding carboxylic acids is 1. The summed E-state index contributed by atoms with van der Waals surface area (Å²) in [6.07, 6.45) is 2.95. The summed E-state index contributed by atoms with van der Waals surface area (Å²) in [5.74, 6) is 0.679. The number of benzene rings is 1. The normalized spacial score (nSPS) is 16.7. The minimum absolute atomic E-state index is 0.0588. The van der Waals surface area contributed by atoms with Crippen molar-refractivity contribution in [1.29, 1.82) is 0 Å². The maximum atomic E-state index is 12.2. The monoisotopic (exact) mass is 364 g/mol. The van der Waals surface area contributed by atoms with Crippen LogP contribution in [0, 0.1) is 5.41 Å². The Morgan fingerprint density at radius 2 is 2.00 bits per heavy atom. The summed E-state index contributed by atoms with van der Waals surface area (Å²) in [7, 11) is 0. The highest BCUT2D eigenvalue weighted by Gasteiger charge is 2.32. The zero-order chi connectivity index (χ0) is 15.2. The van der Waals surface area contributed by atoms with Gasteiger partial charge >= 0.3 is 0 Å². The molecule has 21 heavy (non-hydrogen) atoms. The average Bonchev–Trinajstić information content (AvgIpc) is 2.39. The van der Waals surface area contributed by atoms with Crippen LogP contribution in [-0.2, 0) is 6.42 Å². The number of hydrogen-bond acceptors (Lipinski definition) is 3. The molecule has 0 atom stereocenters. The lowest BCUT2D eigenvalue weighted by atomic mass is 9.76. The minimum atomic E-state index is -0.0588. The van der Waals surface area contributed by atoms with Gasteiger partial charge in [0, 0.05) is 22.7 Å². The molecule has 3 rings (SSSR count). The zero-order valence-corrected chi connectivity index (χ0v) is 14.1. The van der Waals surface area contributed by atoms with Crippen molar-refractivity contribution >= 4 is 33.3 Å². The molecule has 0 spiro atoms. The smallest absolute Gasteiger partial charge is 0.166 e. The first-order chi connectivity index (χ1) is 9.85. The van der Waals surface area contributed by atoms with Gasteiger partial charge in [0.1, 0.15) is 0 Å². The van der Waals surface area contributed by atoms with E-state index in [1.807, 2.05) is 12.1 Å². The molecular formula is C16H14BrClN2O. The van der Waals surface area contributed by atoms with Crippen molar-refractivity contribution in [2.24, 2.45) is 5.41 Å². The Morgan fingerprint density at radius 1 is 1.24 bits per heavy atom. The lowest BCUT2D eigenvalue weighted by molar-refractivity contribution is 0.0910. The number of hydrogen-bond donors (Lipinski definition) is 0. The second-order valence-corrected chi connectivity index (χ2v) is 7.44. The van der Waals surface area contributed by atoms with Crippen LogP contribution in [0.5, 0.6) is 0 Å². The minimum Gasteiger partial charge on any atom is -0.294 e. The van der Waals surface area contributed by atoms with Crippen LogP contribution in [0.25, 0.3) is 11.4 Å². The van der Waals surface area contributed by atoms with E-state index in [-0.39, 0.29) is 11.2 Å². The van der Waals surface area contributed by atoms with E-state index in [1.54, 1.807) is 12.3 Å². The topological polar surface area (TPSA) is 42.9 Å². The van der Waals surface area contributed by atoms with Crippen molar-refractivity contribution < 1.29 is 4.79 Å². The van der Waals surface area contributed by atoms with Crippen LogP contribution in [-0.4, -0.2) is 15.8 Å². The van der Waals surface area contributed by atoms with Gasteiger partial charge in [-0.3, -0.25) is 4.79 Å². The molecule has 0 radical (unpaired) electrons. The van der Waals surface area contributed by atoms with Crippen molar-refractivity contribution in [3.63, 3.8) is 0 Å². The molecule has 3 nitrogen and oxygen atoms in total. The van der Waals surface area contributed by atoms with E-state index in [9.17, 15) is 4.79 Å². The van der Waals surface area contributed by atoms with E-state index in [4.69, 9.17) is 11.6 Å². The summed E-state index contributed by atoms with van der Waals surface area (Å²) in [5.41, 5.74) is 2.17. The molecule has 5 heteroatoms. The Bertz CT molecular complexity index is 743. The third-order valence-corrected chi connectivity index (χ3v) is 4.45. The standard InChI is InChI=1S/C16H14BrClN2O/c1-16(2)6-13-11(14(21)7-16)8-19-15(20-13)10-5-9(17)3-4-12(10)18/h3-5,8H,6-7H2,1-2H3. The van der Waals surface area contributed by atoms with Crippen molar-refractivity contribution in [2.45, 2.75) is 26.7 Å². The largest absolute Gasteiger partial charge is 0.294 e. The van der Waals surface area contributed by atoms with E-state index in [2.05, 4.69) is 39.7 Å². The Morgan fingerprint density at radius 3 is 2.76 bits per heavy atom. The lowest BCUT2D eigenvalue weighted by Gasteiger charge is -2.29. The number of rotatable bonds is 1. The fraction of sp³-hybridized carbons (Fsp3) is 0.312. The highest BCUT2D eigenvalue weighted by Crippen LogP contribution is 2.35. The molecule has 0 N–H and O–H groups in total. The summed E-state index contributed by atoms with van der Waals surface area (Å²) in [6, 6.07) is 5.57. The van der Waals surface area contributed by atoms with Gasteiger partial charge in [0.2, 0.25) is 0 Å². The van der Waals surface area contributed by atoms with Crippen molar-refractivity contribution in [1.82, 2.24) is 9.97 Å². The fourth-order valence-corrected chi connectivity index (χ4v) is 3.19. The third-order valence-electron chi connectivity index (χ3n) is 3.62. The number of carbonyl (C=O) groups is 1. The number of halogens is 2. The van der Waals surface area contributed by atoms with Crippen LogP contribution >= 0.6 is 27.5 Å². The molecule has 0 unspecified atom stereocenters. The molecule has 1 aromatic heterocycles. The lowest BCUT2D eigenvalue weighted by Crippen LogP contribution is -2.28. The molecule has 0 aliphatic heterocycles. The molecule has 0 amide bonds. The van der Waals surface area contributed by atoms with Crippen molar-refractivity contribution in [3.8, 4) is 11.4 Å². The second-order valence-electron chi connectivity index (χ2n) is 6.12. The van der Waals surface area contributed by atoms with E-state index in [0.717, 1.165) is 22.2 Å². The van der Waals surface area contributed by atoms with E-state index in [1.165, 1.54) is 0 Å². The summed E-state index contributed by atoms with van der Waals surface area (Å²) in [4.78, 5) is 21.1. The van der Waals surface area contributed by atoms with E-state index in [0.29, 0.717) is 22.8 Å². The van der Waals surface area contributed by atoms with Gasteiger partial charge in [-0.05, 0) is 30.0 Å². The van der Waals surface area contributed by atoms with Gasteiger partial charge in [-0.1, -0.05) is 41.4 Å². The quantitative estimate of drug-likeness (QED) is 0.734. The number of Topliss-reactive ketones (excluding diaryl/α,β-unsaturated/α-hetero) is 1. The average molecular weight is 366 g/mol. The van der Waals surface area contributed by atoms with Crippen LogP contribution in [0.1, 0.15) is 36.3 Å². The predicted molar refractivity (Wildman–Crippen MR) is 86.6 cm³/mol. The highest BCUT2D eigenvalue weighted by atomic mass is 79.9. The SMILES string of the molecule is CC1(C)CC(=O)c2cnc(-c3cc(Br)ccc3Cl)nc2C1. The maximum Gasteiger partial charge on any atom is 0.166 e. The number of aromatic nitrogens is 2. The van der Waals surface area contributed by atoms with Crippen LogP contribution < -0.4 is 0 Å². The molecule has 0 bridgehead atoms. The van der Waals surface area contributed by atoms with Gasteiger partial charge in [-0.15, -0.1) is 0 Å². The number of fused-ring (bicyclic) bond motifs is 1. The first-order valence-corrected chi connectivity index (χ1v) is 7.87. The van der Waals surface area contributed by atoms with Gasteiger partial charge in [-0.25, -0.2) is 9.97 Å². The molecule has 1 aromatic carbocycles. The second kappa shape index (κ2) is 5.18. The summed E-state index contributed by atoms with van der Waals surface area (Å²) >= 11 is 9.66.